The monoisotopic (exact) mass is 325 g/mol. The minimum absolute atomic E-state index is 0.00341. The van der Waals surface area contributed by atoms with Crippen LogP contribution in [-0.4, -0.2) is 29.4 Å². The van der Waals surface area contributed by atoms with Crippen LogP contribution in [0.1, 0.15) is 62.5 Å². The summed E-state index contributed by atoms with van der Waals surface area (Å²) in [5.74, 6) is 0.218. The van der Waals surface area contributed by atoms with E-state index in [0.29, 0.717) is 11.6 Å². The lowest BCUT2D eigenvalue weighted by atomic mass is 9.94. The first-order valence-corrected chi connectivity index (χ1v) is 9.30. The Labute approximate surface area is 144 Å². The van der Waals surface area contributed by atoms with E-state index < -0.39 is 0 Å². The molecule has 1 atom stereocenters. The normalized spacial score (nSPS) is 22.7. The summed E-state index contributed by atoms with van der Waals surface area (Å²) in [6, 6.07) is 10.3. The van der Waals surface area contributed by atoms with Gasteiger partial charge < -0.3 is 5.32 Å². The zero-order valence-corrected chi connectivity index (χ0v) is 14.3. The van der Waals surface area contributed by atoms with Gasteiger partial charge in [-0.25, -0.2) is 0 Å². The van der Waals surface area contributed by atoms with Crippen molar-refractivity contribution < 1.29 is 4.79 Å². The van der Waals surface area contributed by atoms with Crippen molar-refractivity contribution >= 4 is 5.91 Å². The number of benzene rings is 1. The molecule has 24 heavy (non-hydrogen) atoms. The summed E-state index contributed by atoms with van der Waals surface area (Å²) >= 11 is 0. The van der Waals surface area contributed by atoms with E-state index in [1.54, 1.807) is 0 Å². The van der Waals surface area contributed by atoms with Crippen LogP contribution >= 0.6 is 0 Å². The fourth-order valence-electron chi connectivity index (χ4n) is 3.94. The van der Waals surface area contributed by atoms with Gasteiger partial charge in [0.25, 0.3) is 0 Å². The van der Waals surface area contributed by atoms with Crippen molar-refractivity contribution in [2.75, 3.05) is 6.54 Å². The number of carbonyl (C=O) groups is 1. The van der Waals surface area contributed by atoms with E-state index in [0.717, 1.165) is 45.2 Å². The molecule has 1 aliphatic heterocycles. The van der Waals surface area contributed by atoms with Gasteiger partial charge in [0, 0.05) is 12.6 Å². The zero-order valence-electron chi connectivity index (χ0n) is 14.3. The molecule has 4 heteroatoms. The summed E-state index contributed by atoms with van der Waals surface area (Å²) in [5.41, 5.74) is 1.86. The summed E-state index contributed by atoms with van der Waals surface area (Å²) < 4.78 is 0. The number of hydrogen-bond acceptors (Lipinski definition) is 3. The second-order valence-electron chi connectivity index (χ2n) is 7.13. The molecule has 1 aromatic carbocycles. The predicted octanol–water partition coefficient (Wildman–Crippen LogP) is 3.36. The van der Waals surface area contributed by atoms with E-state index >= 15 is 0 Å². The molecule has 1 heterocycles. The van der Waals surface area contributed by atoms with Crippen LogP contribution < -0.4 is 5.32 Å². The van der Waals surface area contributed by atoms with Gasteiger partial charge in [-0.05, 0) is 49.9 Å². The van der Waals surface area contributed by atoms with Gasteiger partial charge in [0.15, 0.2) is 0 Å². The van der Waals surface area contributed by atoms with Crippen molar-refractivity contribution in [3.63, 3.8) is 0 Å². The van der Waals surface area contributed by atoms with Crippen LogP contribution in [0.2, 0.25) is 0 Å². The molecule has 2 aliphatic rings. The molecule has 1 unspecified atom stereocenters. The molecule has 0 radical (unpaired) electrons. The molecule has 1 aromatic rings. The van der Waals surface area contributed by atoms with Crippen molar-refractivity contribution in [2.45, 2.75) is 70.0 Å². The molecular formula is C20H27N3O. The van der Waals surface area contributed by atoms with Gasteiger partial charge in [0.05, 0.1) is 17.7 Å². The molecule has 1 N–H and O–H groups in total. The minimum Gasteiger partial charge on any atom is -0.352 e. The van der Waals surface area contributed by atoms with Gasteiger partial charge in [0.1, 0.15) is 0 Å². The Hall–Kier alpha value is -1.86. The van der Waals surface area contributed by atoms with Crippen LogP contribution in [0.5, 0.6) is 0 Å². The average Bonchev–Trinajstić information content (AvgIpc) is 2.63. The third kappa shape index (κ3) is 4.36. The number of rotatable bonds is 4. The number of likely N-dealkylation sites (tertiary alicyclic amines) is 1. The average molecular weight is 325 g/mol. The van der Waals surface area contributed by atoms with Crippen LogP contribution in [0.25, 0.3) is 0 Å². The topological polar surface area (TPSA) is 56.1 Å². The number of nitriles is 1. The van der Waals surface area contributed by atoms with Crippen LogP contribution in [0.15, 0.2) is 24.3 Å². The fraction of sp³-hybridized carbons (Fsp3) is 0.600. The first-order valence-electron chi connectivity index (χ1n) is 9.30. The standard InChI is InChI=1S/C20H27N3O/c21-14-16-9-11-17(12-10-16)15-23-13-5-4-8-19(23)20(24)22-18-6-2-1-3-7-18/h9-12,18-19H,1-8,13,15H2,(H,22,24). The molecule has 1 amide bonds. The second kappa shape index (κ2) is 8.30. The Bertz CT molecular complexity index is 584. The Balaban J connectivity index is 1.61. The lowest BCUT2D eigenvalue weighted by molar-refractivity contribution is -0.128. The van der Waals surface area contributed by atoms with Crippen LogP contribution in [-0.2, 0) is 11.3 Å². The molecule has 1 aliphatic carbocycles. The van der Waals surface area contributed by atoms with Crippen molar-refractivity contribution in [2.24, 2.45) is 0 Å². The molecular weight excluding hydrogens is 298 g/mol. The van der Waals surface area contributed by atoms with E-state index in [1.807, 2.05) is 24.3 Å². The van der Waals surface area contributed by atoms with Crippen molar-refractivity contribution in [3.8, 4) is 6.07 Å². The van der Waals surface area contributed by atoms with Gasteiger partial charge in [-0.2, -0.15) is 5.26 Å². The Morgan fingerprint density at radius 3 is 2.50 bits per heavy atom. The molecule has 0 bridgehead atoms. The Kier molecular flexibility index (Phi) is 5.87. The quantitative estimate of drug-likeness (QED) is 0.923. The van der Waals surface area contributed by atoms with Gasteiger partial charge in [-0.3, -0.25) is 9.69 Å². The van der Waals surface area contributed by atoms with Gasteiger partial charge in [-0.15, -0.1) is 0 Å². The highest BCUT2D eigenvalue weighted by Crippen LogP contribution is 2.22. The van der Waals surface area contributed by atoms with E-state index in [-0.39, 0.29) is 11.9 Å². The maximum atomic E-state index is 12.8. The van der Waals surface area contributed by atoms with Gasteiger partial charge in [-0.1, -0.05) is 37.8 Å². The Morgan fingerprint density at radius 1 is 1.08 bits per heavy atom. The van der Waals surface area contributed by atoms with Crippen LogP contribution in [0.4, 0.5) is 0 Å². The summed E-state index contributed by atoms with van der Waals surface area (Å²) in [6.45, 7) is 1.76. The predicted molar refractivity (Wildman–Crippen MR) is 94.2 cm³/mol. The summed E-state index contributed by atoms with van der Waals surface area (Å²) in [6.07, 6.45) is 9.29. The number of hydrogen-bond donors (Lipinski definition) is 1. The van der Waals surface area contributed by atoms with E-state index in [1.165, 1.54) is 24.8 Å². The molecule has 1 saturated heterocycles. The van der Waals surface area contributed by atoms with E-state index in [4.69, 9.17) is 5.26 Å². The first kappa shape index (κ1) is 17.0. The molecule has 3 rings (SSSR count). The highest BCUT2D eigenvalue weighted by molar-refractivity contribution is 5.82. The Morgan fingerprint density at radius 2 is 1.79 bits per heavy atom. The maximum Gasteiger partial charge on any atom is 0.237 e. The molecule has 4 nitrogen and oxygen atoms in total. The smallest absolute Gasteiger partial charge is 0.237 e. The van der Waals surface area contributed by atoms with E-state index in [9.17, 15) is 4.79 Å². The third-order valence-electron chi connectivity index (χ3n) is 5.34. The third-order valence-corrected chi connectivity index (χ3v) is 5.34. The maximum absolute atomic E-state index is 12.8. The van der Waals surface area contributed by atoms with Gasteiger partial charge in [0.2, 0.25) is 5.91 Å². The van der Waals surface area contributed by atoms with Crippen LogP contribution in [0.3, 0.4) is 0 Å². The molecule has 0 aromatic heterocycles. The summed E-state index contributed by atoms with van der Waals surface area (Å²) in [5, 5.41) is 12.2. The molecule has 1 saturated carbocycles. The fourth-order valence-corrected chi connectivity index (χ4v) is 3.94. The number of nitrogens with zero attached hydrogens (tertiary/aromatic N) is 2. The largest absolute Gasteiger partial charge is 0.352 e. The first-order chi connectivity index (χ1) is 11.8. The number of piperidine rings is 1. The van der Waals surface area contributed by atoms with E-state index in [2.05, 4.69) is 16.3 Å². The molecule has 0 spiro atoms. The van der Waals surface area contributed by atoms with Crippen LogP contribution in [0, 0.1) is 11.3 Å². The number of carbonyl (C=O) groups excluding carboxylic acids is 1. The summed E-state index contributed by atoms with van der Waals surface area (Å²) in [4.78, 5) is 15.1. The number of amides is 1. The summed E-state index contributed by atoms with van der Waals surface area (Å²) in [7, 11) is 0. The minimum atomic E-state index is -0.00341. The van der Waals surface area contributed by atoms with Crippen molar-refractivity contribution in [1.29, 1.82) is 5.26 Å². The SMILES string of the molecule is N#Cc1ccc(CN2CCCCC2C(=O)NC2CCCCC2)cc1. The molecule has 128 valence electrons. The zero-order chi connectivity index (χ0) is 16.8. The second-order valence-corrected chi connectivity index (χ2v) is 7.13. The lowest BCUT2D eigenvalue weighted by Gasteiger charge is -2.36. The lowest BCUT2D eigenvalue weighted by Crippen LogP contribution is -2.51. The highest BCUT2D eigenvalue weighted by atomic mass is 16.2. The number of nitrogens with one attached hydrogen (secondary N) is 1. The van der Waals surface area contributed by atoms with Gasteiger partial charge >= 0.3 is 0 Å². The van der Waals surface area contributed by atoms with Crippen molar-refractivity contribution in [3.05, 3.63) is 35.4 Å². The highest BCUT2D eigenvalue weighted by Gasteiger charge is 2.30. The molecule has 2 fully saturated rings. The van der Waals surface area contributed by atoms with Crippen molar-refractivity contribution in [1.82, 2.24) is 10.2 Å².